The molecule has 0 fully saturated rings. The van der Waals surface area contributed by atoms with E-state index >= 15 is 0 Å². The molecule has 0 radical (unpaired) electrons. The Morgan fingerprint density at radius 1 is 1.21 bits per heavy atom. The molecule has 1 N–H and O–H groups in total. The van der Waals surface area contributed by atoms with Crippen LogP contribution in [-0.4, -0.2) is 15.0 Å². The van der Waals surface area contributed by atoms with Crippen LogP contribution >= 0.6 is 11.3 Å². The van der Waals surface area contributed by atoms with Gasteiger partial charge in [0.1, 0.15) is 12.1 Å². The number of nitrogens with zero attached hydrogens (tertiary/aromatic N) is 3. The molecule has 3 aromatic heterocycles. The lowest BCUT2D eigenvalue weighted by Gasteiger charge is -2.14. The molecule has 3 aromatic rings. The largest absolute Gasteiger partial charge is 0.362 e. The average molecular weight is 270 g/mol. The molecule has 1 atom stereocenters. The summed E-state index contributed by atoms with van der Waals surface area (Å²) < 4.78 is 1.11. The molecule has 0 aromatic carbocycles. The highest BCUT2D eigenvalue weighted by Gasteiger charge is 2.11. The second-order valence-electron chi connectivity index (χ2n) is 4.47. The van der Waals surface area contributed by atoms with Gasteiger partial charge in [-0.3, -0.25) is 4.98 Å². The standard InChI is InChI=1S/C14H14N4S/c1-9-7-19-13-12(9)16-8-17-14(13)18-10(2)11-3-5-15-6-4-11/h3-8,10H,1-2H3,(H,16,17,18)/t10-/m0/s1. The summed E-state index contributed by atoms with van der Waals surface area (Å²) in [6, 6.07) is 4.20. The van der Waals surface area contributed by atoms with Gasteiger partial charge in [0.15, 0.2) is 0 Å². The lowest BCUT2D eigenvalue weighted by Crippen LogP contribution is -2.08. The first-order valence-electron chi connectivity index (χ1n) is 6.11. The Morgan fingerprint density at radius 3 is 2.79 bits per heavy atom. The van der Waals surface area contributed by atoms with Gasteiger partial charge in [-0.25, -0.2) is 9.97 Å². The Labute approximate surface area is 115 Å². The maximum Gasteiger partial charge on any atom is 0.147 e. The van der Waals surface area contributed by atoms with Crippen molar-refractivity contribution >= 4 is 27.4 Å². The topological polar surface area (TPSA) is 50.7 Å². The smallest absolute Gasteiger partial charge is 0.147 e. The van der Waals surface area contributed by atoms with Crippen LogP contribution in [-0.2, 0) is 0 Å². The van der Waals surface area contributed by atoms with Crippen LogP contribution in [0.5, 0.6) is 0 Å². The molecule has 3 rings (SSSR count). The Hall–Kier alpha value is -2.01. The molecule has 0 spiro atoms. The third-order valence-corrected chi connectivity index (χ3v) is 4.18. The lowest BCUT2D eigenvalue weighted by molar-refractivity contribution is 0.872. The number of aromatic nitrogens is 3. The van der Waals surface area contributed by atoms with Gasteiger partial charge >= 0.3 is 0 Å². The molecule has 5 heteroatoms. The van der Waals surface area contributed by atoms with Crippen molar-refractivity contribution in [2.24, 2.45) is 0 Å². The van der Waals surface area contributed by atoms with Crippen molar-refractivity contribution in [2.45, 2.75) is 19.9 Å². The maximum absolute atomic E-state index is 4.36. The zero-order valence-electron chi connectivity index (χ0n) is 10.8. The highest BCUT2D eigenvalue weighted by molar-refractivity contribution is 7.18. The van der Waals surface area contributed by atoms with Gasteiger partial charge < -0.3 is 5.32 Å². The SMILES string of the molecule is Cc1csc2c(N[C@@H](C)c3ccncc3)ncnc12. The second-order valence-corrected chi connectivity index (χ2v) is 5.34. The fourth-order valence-electron chi connectivity index (χ4n) is 2.01. The van der Waals surface area contributed by atoms with Crippen molar-refractivity contribution in [1.29, 1.82) is 0 Å². The predicted octanol–water partition coefficient (Wildman–Crippen LogP) is 3.57. The molecule has 0 bridgehead atoms. The first kappa shape index (κ1) is 12.0. The van der Waals surface area contributed by atoms with E-state index in [1.54, 1.807) is 30.1 Å². The van der Waals surface area contributed by atoms with E-state index in [0.29, 0.717) is 0 Å². The normalized spacial score (nSPS) is 12.5. The van der Waals surface area contributed by atoms with Crippen LogP contribution in [0.4, 0.5) is 5.82 Å². The first-order valence-corrected chi connectivity index (χ1v) is 6.99. The van der Waals surface area contributed by atoms with Gasteiger partial charge in [0, 0.05) is 12.4 Å². The number of hydrogen-bond donors (Lipinski definition) is 1. The van der Waals surface area contributed by atoms with E-state index in [1.165, 1.54) is 11.1 Å². The van der Waals surface area contributed by atoms with Gasteiger partial charge in [-0.2, -0.15) is 0 Å². The number of aryl methyl sites for hydroxylation is 1. The van der Waals surface area contributed by atoms with Gasteiger partial charge in [-0.1, -0.05) is 0 Å². The molecule has 0 aliphatic heterocycles. The van der Waals surface area contributed by atoms with Gasteiger partial charge in [-0.05, 0) is 42.5 Å². The van der Waals surface area contributed by atoms with E-state index in [-0.39, 0.29) is 6.04 Å². The van der Waals surface area contributed by atoms with Crippen LogP contribution in [0.25, 0.3) is 10.2 Å². The highest BCUT2D eigenvalue weighted by Crippen LogP contribution is 2.30. The van der Waals surface area contributed by atoms with Crippen LogP contribution < -0.4 is 5.32 Å². The summed E-state index contributed by atoms with van der Waals surface area (Å²) in [4.78, 5) is 12.7. The molecule has 0 unspecified atom stereocenters. The van der Waals surface area contributed by atoms with Crippen LogP contribution in [0, 0.1) is 6.92 Å². The average Bonchev–Trinajstić information content (AvgIpc) is 2.83. The maximum atomic E-state index is 4.36. The number of nitrogens with one attached hydrogen (secondary N) is 1. The first-order chi connectivity index (χ1) is 9.25. The van der Waals surface area contributed by atoms with Gasteiger partial charge in [0.2, 0.25) is 0 Å². The fourth-order valence-corrected chi connectivity index (χ4v) is 2.97. The van der Waals surface area contributed by atoms with Crippen molar-refractivity contribution in [1.82, 2.24) is 15.0 Å². The monoisotopic (exact) mass is 270 g/mol. The number of pyridine rings is 1. The highest BCUT2D eigenvalue weighted by atomic mass is 32.1. The second kappa shape index (κ2) is 4.93. The molecule has 96 valence electrons. The van der Waals surface area contributed by atoms with Crippen molar-refractivity contribution in [3.63, 3.8) is 0 Å². The summed E-state index contributed by atoms with van der Waals surface area (Å²) >= 11 is 1.68. The number of thiophene rings is 1. The van der Waals surface area contributed by atoms with E-state index < -0.39 is 0 Å². The molecule has 19 heavy (non-hydrogen) atoms. The molecule has 3 heterocycles. The molecule has 0 aliphatic carbocycles. The summed E-state index contributed by atoms with van der Waals surface area (Å²) in [5.74, 6) is 0.896. The summed E-state index contributed by atoms with van der Waals surface area (Å²) in [6.45, 7) is 4.19. The van der Waals surface area contributed by atoms with E-state index in [1.807, 2.05) is 12.1 Å². The minimum Gasteiger partial charge on any atom is -0.362 e. The Bertz CT molecular complexity index is 693. The van der Waals surface area contributed by atoms with E-state index in [2.05, 4.69) is 39.5 Å². The molecule has 0 aliphatic rings. The summed E-state index contributed by atoms with van der Waals surface area (Å²) in [5, 5.41) is 5.56. The molecule has 4 nitrogen and oxygen atoms in total. The van der Waals surface area contributed by atoms with Crippen molar-refractivity contribution in [3.05, 3.63) is 47.4 Å². The van der Waals surface area contributed by atoms with Crippen molar-refractivity contribution in [3.8, 4) is 0 Å². The number of fused-ring (bicyclic) bond motifs is 1. The van der Waals surface area contributed by atoms with Crippen LogP contribution in [0.15, 0.2) is 36.2 Å². The molecule has 0 saturated heterocycles. The number of anilines is 1. The minimum atomic E-state index is 0.184. The molecular weight excluding hydrogens is 256 g/mol. The van der Waals surface area contributed by atoms with E-state index in [9.17, 15) is 0 Å². The zero-order valence-corrected chi connectivity index (χ0v) is 11.6. The summed E-state index contributed by atoms with van der Waals surface area (Å²) in [6.07, 6.45) is 5.22. The predicted molar refractivity (Wildman–Crippen MR) is 78.4 cm³/mol. The number of rotatable bonds is 3. The third kappa shape index (κ3) is 2.29. The van der Waals surface area contributed by atoms with E-state index in [4.69, 9.17) is 0 Å². The third-order valence-electron chi connectivity index (χ3n) is 3.09. The lowest BCUT2D eigenvalue weighted by atomic mass is 10.1. The number of hydrogen-bond acceptors (Lipinski definition) is 5. The van der Waals surface area contributed by atoms with E-state index in [0.717, 1.165) is 16.0 Å². The van der Waals surface area contributed by atoms with Gasteiger partial charge in [0.25, 0.3) is 0 Å². The Balaban J connectivity index is 1.93. The van der Waals surface area contributed by atoms with Crippen LogP contribution in [0.1, 0.15) is 24.1 Å². The quantitative estimate of drug-likeness (QED) is 0.790. The zero-order chi connectivity index (χ0) is 13.2. The molecule has 0 saturated carbocycles. The molecular formula is C14H14N4S. The van der Waals surface area contributed by atoms with Gasteiger partial charge in [0.05, 0.1) is 16.3 Å². The van der Waals surface area contributed by atoms with Crippen molar-refractivity contribution < 1.29 is 0 Å². The van der Waals surface area contributed by atoms with Crippen LogP contribution in [0.3, 0.4) is 0 Å². The summed E-state index contributed by atoms with van der Waals surface area (Å²) in [5.41, 5.74) is 3.42. The minimum absolute atomic E-state index is 0.184. The van der Waals surface area contributed by atoms with Gasteiger partial charge in [-0.15, -0.1) is 11.3 Å². The molecule has 0 amide bonds. The van der Waals surface area contributed by atoms with Crippen LogP contribution in [0.2, 0.25) is 0 Å². The Kier molecular flexibility index (Phi) is 3.13. The summed E-state index contributed by atoms with van der Waals surface area (Å²) in [7, 11) is 0. The fraction of sp³-hybridized carbons (Fsp3) is 0.214. The van der Waals surface area contributed by atoms with Crippen molar-refractivity contribution in [2.75, 3.05) is 5.32 Å². The Morgan fingerprint density at radius 2 is 2.00 bits per heavy atom.